The Hall–Kier alpha value is -1.96. The van der Waals surface area contributed by atoms with Crippen molar-refractivity contribution in [3.63, 3.8) is 0 Å². The first-order valence-corrected chi connectivity index (χ1v) is 13.2. The van der Waals surface area contributed by atoms with Crippen LogP contribution in [0.25, 0.3) is 0 Å². The van der Waals surface area contributed by atoms with Gasteiger partial charge in [0.2, 0.25) is 0 Å². The van der Waals surface area contributed by atoms with Crippen LogP contribution >= 0.6 is 0 Å². The molecule has 2 aliphatic carbocycles. The summed E-state index contributed by atoms with van der Waals surface area (Å²) in [6.07, 6.45) is 14.7. The third kappa shape index (κ3) is 4.85. The topological polar surface area (TPSA) is 40.5 Å². The van der Waals surface area contributed by atoms with Crippen LogP contribution in [0, 0.1) is 13.8 Å². The first-order chi connectivity index (χ1) is 15.5. The Morgan fingerprint density at radius 3 is 1.47 bits per heavy atom. The second kappa shape index (κ2) is 10.3. The fraction of sp³-hybridized carbons (Fsp3) is 0.600. The predicted octanol–water partition coefficient (Wildman–Crippen LogP) is 8.74. The number of aryl methyl sites for hydroxylation is 2. The molecule has 4 rings (SSSR count). The number of rotatable bonds is 6. The van der Waals surface area contributed by atoms with E-state index in [-0.39, 0.29) is 0 Å². The van der Waals surface area contributed by atoms with Gasteiger partial charge >= 0.3 is 0 Å². The molecule has 2 saturated carbocycles. The minimum absolute atomic E-state index is 0.309. The fourth-order valence-corrected chi connectivity index (χ4v) is 6.34. The van der Waals surface area contributed by atoms with Crippen LogP contribution in [0.3, 0.4) is 0 Å². The van der Waals surface area contributed by atoms with E-state index >= 15 is 0 Å². The number of benzene rings is 2. The molecule has 32 heavy (non-hydrogen) atoms. The van der Waals surface area contributed by atoms with Gasteiger partial charge in [0.1, 0.15) is 11.5 Å². The average molecular weight is 435 g/mol. The summed E-state index contributed by atoms with van der Waals surface area (Å²) in [6.45, 7) is 6.38. The normalized spacial score (nSPS) is 18.4. The second-order valence-electron chi connectivity index (χ2n) is 10.6. The quantitative estimate of drug-likeness (QED) is 0.477. The van der Waals surface area contributed by atoms with Crippen molar-refractivity contribution < 1.29 is 10.2 Å². The maximum Gasteiger partial charge on any atom is 0.121 e. The third-order valence-corrected chi connectivity index (χ3v) is 8.18. The van der Waals surface area contributed by atoms with Crippen molar-refractivity contribution in [2.24, 2.45) is 0 Å². The Balaban J connectivity index is 1.75. The van der Waals surface area contributed by atoms with Gasteiger partial charge in [-0.15, -0.1) is 0 Å². The minimum Gasteiger partial charge on any atom is -0.507 e. The van der Waals surface area contributed by atoms with Crippen molar-refractivity contribution >= 4 is 0 Å². The van der Waals surface area contributed by atoms with Gasteiger partial charge < -0.3 is 10.2 Å². The highest BCUT2D eigenvalue weighted by Crippen LogP contribution is 2.44. The van der Waals surface area contributed by atoms with E-state index in [0.717, 1.165) is 24.0 Å². The first kappa shape index (κ1) is 23.2. The molecular formula is C30H42O2. The zero-order valence-corrected chi connectivity index (χ0v) is 20.4. The second-order valence-corrected chi connectivity index (χ2v) is 10.6. The summed E-state index contributed by atoms with van der Waals surface area (Å²) in [4.78, 5) is 0. The molecule has 2 aromatic rings. The van der Waals surface area contributed by atoms with Crippen molar-refractivity contribution in [2.45, 2.75) is 116 Å². The van der Waals surface area contributed by atoms with Gasteiger partial charge in [-0.2, -0.15) is 0 Å². The summed E-state index contributed by atoms with van der Waals surface area (Å²) >= 11 is 0. The summed E-state index contributed by atoms with van der Waals surface area (Å²) in [5.74, 6) is 2.32. The molecule has 0 aliphatic heterocycles. The van der Waals surface area contributed by atoms with E-state index in [1.54, 1.807) is 0 Å². The summed E-state index contributed by atoms with van der Waals surface area (Å²) in [6, 6.07) is 9.07. The molecule has 0 saturated heterocycles. The molecule has 0 heterocycles. The lowest BCUT2D eigenvalue weighted by Gasteiger charge is -2.28. The molecule has 0 aromatic heterocycles. The van der Waals surface area contributed by atoms with Crippen LogP contribution in [0.5, 0.6) is 11.5 Å². The van der Waals surface area contributed by atoms with Crippen LogP contribution in [0.4, 0.5) is 0 Å². The van der Waals surface area contributed by atoms with E-state index in [2.05, 4.69) is 45.0 Å². The number of hydrogen-bond donors (Lipinski definition) is 2. The lowest BCUT2D eigenvalue weighted by atomic mass is 9.78. The highest BCUT2D eigenvalue weighted by Gasteiger charge is 2.25. The van der Waals surface area contributed by atoms with Crippen LogP contribution < -0.4 is 0 Å². The van der Waals surface area contributed by atoms with Gasteiger partial charge in [0, 0.05) is 5.92 Å². The zero-order chi connectivity index (χ0) is 22.7. The van der Waals surface area contributed by atoms with Gasteiger partial charge in [-0.25, -0.2) is 0 Å². The Bertz CT molecular complexity index is 843. The summed E-state index contributed by atoms with van der Waals surface area (Å²) in [5, 5.41) is 21.8. The largest absolute Gasteiger partial charge is 0.507 e. The highest BCUT2D eigenvalue weighted by atomic mass is 16.3. The van der Waals surface area contributed by atoms with E-state index in [9.17, 15) is 10.2 Å². The molecule has 2 aromatic carbocycles. The predicted molar refractivity (Wildman–Crippen MR) is 134 cm³/mol. The van der Waals surface area contributed by atoms with Gasteiger partial charge in [0.05, 0.1) is 0 Å². The molecule has 2 aliphatic rings. The fourth-order valence-electron chi connectivity index (χ4n) is 6.34. The van der Waals surface area contributed by atoms with Gasteiger partial charge in [-0.05, 0) is 91.2 Å². The van der Waals surface area contributed by atoms with Crippen LogP contribution in [0.15, 0.2) is 24.3 Å². The van der Waals surface area contributed by atoms with Gasteiger partial charge in [0.25, 0.3) is 0 Å². The number of phenolic OH excluding ortho intramolecular Hbond substituents is 2. The summed E-state index contributed by atoms with van der Waals surface area (Å²) < 4.78 is 0. The first-order valence-electron chi connectivity index (χ1n) is 13.2. The Morgan fingerprint density at radius 1 is 0.688 bits per heavy atom. The third-order valence-electron chi connectivity index (χ3n) is 8.18. The molecule has 2 nitrogen and oxygen atoms in total. The SMILES string of the molecule is CCCC(c1cc(C)c(O)c(C2CCCCC2)c1)c1cc(C)c(O)c(C2CCCCC2)c1. The van der Waals surface area contributed by atoms with Gasteiger partial charge in [-0.3, -0.25) is 0 Å². The van der Waals surface area contributed by atoms with Crippen LogP contribution in [-0.4, -0.2) is 10.2 Å². The number of hydrogen-bond acceptors (Lipinski definition) is 2. The monoisotopic (exact) mass is 434 g/mol. The van der Waals surface area contributed by atoms with Gasteiger partial charge in [0.15, 0.2) is 0 Å². The zero-order valence-electron chi connectivity index (χ0n) is 20.4. The van der Waals surface area contributed by atoms with Crippen molar-refractivity contribution in [2.75, 3.05) is 0 Å². The van der Waals surface area contributed by atoms with Gasteiger partial charge in [-0.1, -0.05) is 76.1 Å². The van der Waals surface area contributed by atoms with E-state index < -0.39 is 0 Å². The lowest BCUT2D eigenvalue weighted by molar-refractivity contribution is 0.411. The van der Waals surface area contributed by atoms with Crippen molar-refractivity contribution in [3.05, 3.63) is 57.6 Å². The van der Waals surface area contributed by atoms with E-state index in [1.807, 2.05) is 0 Å². The molecule has 0 spiro atoms. The molecule has 0 radical (unpaired) electrons. The maximum atomic E-state index is 10.9. The van der Waals surface area contributed by atoms with E-state index in [0.29, 0.717) is 29.3 Å². The van der Waals surface area contributed by atoms with Crippen molar-refractivity contribution in [3.8, 4) is 11.5 Å². The average Bonchev–Trinajstić information content (AvgIpc) is 2.82. The molecule has 0 bridgehead atoms. The van der Waals surface area contributed by atoms with Crippen molar-refractivity contribution in [1.82, 2.24) is 0 Å². The van der Waals surface area contributed by atoms with Crippen LogP contribution in [0.2, 0.25) is 0 Å². The molecule has 2 N–H and O–H groups in total. The number of phenols is 2. The Morgan fingerprint density at radius 2 is 1.09 bits per heavy atom. The molecule has 0 amide bonds. The molecular weight excluding hydrogens is 392 g/mol. The Kier molecular flexibility index (Phi) is 7.48. The lowest BCUT2D eigenvalue weighted by Crippen LogP contribution is -2.10. The Labute approximate surface area is 195 Å². The highest BCUT2D eigenvalue weighted by molar-refractivity contribution is 5.51. The smallest absolute Gasteiger partial charge is 0.121 e. The standard InChI is InChI=1S/C30H42O2/c1-4-11-26(24-16-20(2)29(31)27(18-24)22-12-7-5-8-13-22)25-17-21(3)30(32)28(19-25)23-14-9-6-10-15-23/h16-19,22-23,26,31-32H,4-15H2,1-3H3. The summed E-state index contributed by atoms with van der Waals surface area (Å²) in [5.41, 5.74) is 7.02. The molecule has 2 fully saturated rings. The van der Waals surface area contributed by atoms with Crippen LogP contribution in [-0.2, 0) is 0 Å². The number of aromatic hydroxyl groups is 2. The molecule has 0 atom stereocenters. The van der Waals surface area contributed by atoms with E-state index in [1.165, 1.54) is 86.5 Å². The minimum atomic E-state index is 0.309. The maximum absolute atomic E-state index is 10.9. The van der Waals surface area contributed by atoms with E-state index in [4.69, 9.17) is 0 Å². The molecule has 2 heteroatoms. The van der Waals surface area contributed by atoms with Crippen LogP contribution in [0.1, 0.15) is 135 Å². The summed E-state index contributed by atoms with van der Waals surface area (Å²) in [7, 11) is 0. The van der Waals surface area contributed by atoms with Crippen molar-refractivity contribution in [1.29, 1.82) is 0 Å². The molecule has 0 unspecified atom stereocenters. The molecule has 174 valence electrons.